The summed E-state index contributed by atoms with van der Waals surface area (Å²) < 4.78 is 22.3. The molecular weight excluding hydrogens is 602 g/mol. The topological polar surface area (TPSA) is 145 Å². The number of hydrogen-bond donors (Lipinski definition) is 1. The van der Waals surface area contributed by atoms with Gasteiger partial charge in [-0.25, -0.2) is 9.59 Å². The summed E-state index contributed by atoms with van der Waals surface area (Å²) in [6, 6.07) is 19.9. The third kappa shape index (κ3) is 8.93. The van der Waals surface area contributed by atoms with Crippen molar-refractivity contribution in [3.8, 4) is 17.1 Å². The molecule has 2 amide bonds. The number of Topliss-reactive ketones (excluding diaryl/α,β-unsaturated/α-hetero) is 1. The van der Waals surface area contributed by atoms with Gasteiger partial charge < -0.3 is 23.6 Å². The van der Waals surface area contributed by atoms with Crippen LogP contribution in [0.25, 0.3) is 22.2 Å². The predicted molar refractivity (Wildman–Crippen MR) is 175 cm³/mol. The molecule has 246 valence electrons. The molecule has 1 aliphatic heterocycles. The molecule has 0 saturated carbocycles. The summed E-state index contributed by atoms with van der Waals surface area (Å²) in [6.45, 7) is 10.8. The van der Waals surface area contributed by atoms with Crippen molar-refractivity contribution in [1.29, 1.82) is 0 Å². The number of rotatable bonds is 6. The molecule has 1 saturated heterocycles. The maximum Gasteiger partial charge on any atom is 0.437 e. The van der Waals surface area contributed by atoms with Gasteiger partial charge in [-0.05, 0) is 83.4 Å². The SMILES string of the molecule is CC(C)(C)OC(=O)N=C(NC(=O)OC(C)(C)C)N1CCCC1c1nc(-c2ccc3cc(OCC(=O)c4ccccc4)ccc3c2)no1. The fourth-order valence-corrected chi connectivity index (χ4v) is 5.00. The van der Waals surface area contributed by atoms with Gasteiger partial charge >= 0.3 is 12.2 Å². The minimum Gasteiger partial charge on any atom is -0.485 e. The van der Waals surface area contributed by atoms with E-state index < -0.39 is 29.4 Å². The van der Waals surface area contributed by atoms with Gasteiger partial charge in [0.05, 0.1) is 0 Å². The van der Waals surface area contributed by atoms with Gasteiger partial charge in [-0.1, -0.05) is 53.7 Å². The molecule has 1 aliphatic rings. The lowest BCUT2D eigenvalue weighted by Crippen LogP contribution is -2.46. The van der Waals surface area contributed by atoms with Crippen LogP contribution in [-0.2, 0) is 9.47 Å². The highest BCUT2D eigenvalue weighted by Gasteiger charge is 2.35. The summed E-state index contributed by atoms with van der Waals surface area (Å²) in [5.74, 6) is 1.16. The van der Waals surface area contributed by atoms with E-state index in [-0.39, 0.29) is 18.3 Å². The number of nitrogens with zero attached hydrogens (tertiary/aromatic N) is 4. The number of benzene rings is 3. The van der Waals surface area contributed by atoms with Gasteiger partial charge in [0.2, 0.25) is 17.7 Å². The van der Waals surface area contributed by atoms with E-state index >= 15 is 0 Å². The van der Waals surface area contributed by atoms with E-state index in [4.69, 9.17) is 18.7 Å². The van der Waals surface area contributed by atoms with E-state index in [1.807, 2.05) is 54.6 Å². The third-order valence-electron chi connectivity index (χ3n) is 6.99. The van der Waals surface area contributed by atoms with Gasteiger partial charge in [-0.15, -0.1) is 4.99 Å². The largest absolute Gasteiger partial charge is 0.485 e. The van der Waals surface area contributed by atoms with Gasteiger partial charge in [0.15, 0.2) is 12.4 Å². The van der Waals surface area contributed by atoms with Crippen molar-refractivity contribution < 1.29 is 33.1 Å². The molecule has 1 N–H and O–H groups in total. The fourth-order valence-electron chi connectivity index (χ4n) is 5.00. The molecule has 1 aromatic heterocycles. The molecule has 1 fully saturated rings. The average molecular weight is 642 g/mol. The van der Waals surface area contributed by atoms with Gasteiger partial charge in [0.25, 0.3) is 0 Å². The highest BCUT2D eigenvalue weighted by molar-refractivity contribution is 5.99. The Labute approximate surface area is 273 Å². The summed E-state index contributed by atoms with van der Waals surface area (Å²) >= 11 is 0. The maximum absolute atomic E-state index is 12.7. The second-order valence-electron chi connectivity index (χ2n) is 13.2. The Morgan fingerprint density at radius 2 is 1.64 bits per heavy atom. The van der Waals surface area contributed by atoms with E-state index in [9.17, 15) is 14.4 Å². The highest BCUT2D eigenvalue weighted by atomic mass is 16.6. The van der Waals surface area contributed by atoms with Crippen LogP contribution in [0.1, 0.15) is 76.7 Å². The summed E-state index contributed by atoms with van der Waals surface area (Å²) in [6.07, 6.45) is -0.265. The second-order valence-corrected chi connectivity index (χ2v) is 13.2. The number of ketones is 1. The number of guanidine groups is 1. The van der Waals surface area contributed by atoms with Gasteiger partial charge in [-0.3, -0.25) is 10.1 Å². The minimum atomic E-state index is -0.854. The Morgan fingerprint density at radius 1 is 0.936 bits per heavy atom. The van der Waals surface area contributed by atoms with Gasteiger partial charge in [0, 0.05) is 17.7 Å². The molecule has 12 nitrogen and oxygen atoms in total. The zero-order valence-electron chi connectivity index (χ0n) is 27.4. The molecule has 0 spiro atoms. The number of aromatic nitrogens is 2. The maximum atomic E-state index is 12.7. The summed E-state index contributed by atoms with van der Waals surface area (Å²) in [7, 11) is 0. The molecule has 3 aromatic carbocycles. The monoisotopic (exact) mass is 641 g/mol. The zero-order valence-corrected chi connectivity index (χ0v) is 27.4. The molecule has 2 heterocycles. The van der Waals surface area contributed by atoms with Crippen LogP contribution in [0.3, 0.4) is 0 Å². The number of aliphatic imine (C=N–C) groups is 1. The molecule has 5 rings (SSSR count). The Hall–Kier alpha value is -5.26. The molecule has 4 aromatic rings. The van der Waals surface area contributed by atoms with Crippen molar-refractivity contribution in [2.45, 2.75) is 71.6 Å². The Bertz CT molecular complexity index is 1790. The normalized spacial score (nSPS) is 15.4. The van der Waals surface area contributed by atoms with Crippen LogP contribution in [0.2, 0.25) is 0 Å². The first-order chi connectivity index (χ1) is 22.2. The van der Waals surface area contributed by atoms with Crippen LogP contribution in [0.4, 0.5) is 9.59 Å². The average Bonchev–Trinajstić information content (AvgIpc) is 3.68. The lowest BCUT2D eigenvalue weighted by molar-refractivity contribution is 0.0552. The molecule has 12 heteroatoms. The number of nitrogens with one attached hydrogen (secondary N) is 1. The Balaban J connectivity index is 1.32. The van der Waals surface area contributed by atoms with Crippen molar-refractivity contribution in [2.75, 3.05) is 13.2 Å². The molecular formula is C35H39N5O7. The molecule has 1 unspecified atom stereocenters. The third-order valence-corrected chi connectivity index (χ3v) is 6.99. The van der Waals surface area contributed by atoms with Crippen LogP contribution in [0.5, 0.6) is 5.75 Å². The highest BCUT2D eigenvalue weighted by Crippen LogP contribution is 2.33. The van der Waals surface area contributed by atoms with Gasteiger partial charge in [-0.2, -0.15) is 4.98 Å². The van der Waals surface area contributed by atoms with Crippen LogP contribution < -0.4 is 10.1 Å². The van der Waals surface area contributed by atoms with Crippen molar-refractivity contribution in [3.63, 3.8) is 0 Å². The first-order valence-electron chi connectivity index (χ1n) is 15.4. The first-order valence-corrected chi connectivity index (χ1v) is 15.4. The summed E-state index contributed by atoms with van der Waals surface area (Å²) in [5, 5.41) is 8.68. The molecule has 0 bridgehead atoms. The van der Waals surface area contributed by atoms with Crippen molar-refractivity contribution in [3.05, 3.63) is 78.2 Å². The van der Waals surface area contributed by atoms with E-state index in [1.165, 1.54) is 0 Å². The quantitative estimate of drug-likeness (QED) is 0.131. The number of hydrogen-bond acceptors (Lipinski definition) is 9. The number of carbonyl (C=O) groups excluding carboxylic acids is 3. The number of ether oxygens (including phenoxy) is 3. The zero-order chi connectivity index (χ0) is 33.8. The number of likely N-dealkylation sites (tertiary alicyclic amines) is 1. The van der Waals surface area contributed by atoms with E-state index in [0.717, 1.165) is 22.8 Å². The standard InChI is InChI=1S/C35H39N5O7/c1-34(2,3)45-32(42)37-31(38-33(43)46-35(4,5)6)40-18-10-13-27(40)30-36-29(39-47-30)25-15-14-24-20-26(17-16-23(24)19-25)44-21-28(41)22-11-8-7-9-12-22/h7-9,11-12,14-17,19-20,27H,10,13,18,21H2,1-6H3,(H,37,38,42,43). The lowest BCUT2D eigenvalue weighted by Gasteiger charge is -2.27. The van der Waals surface area contributed by atoms with E-state index in [1.54, 1.807) is 58.6 Å². The van der Waals surface area contributed by atoms with Crippen LogP contribution in [0.15, 0.2) is 76.2 Å². The minimum absolute atomic E-state index is 0.0232. The van der Waals surface area contributed by atoms with Crippen molar-refractivity contribution >= 4 is 34.7 Å². The molecule has 47 heavy (non-hydrogen) atoms. The number of amides is 2. The van der Waals surface area contributed by atoms with Gasteiger partial charge in [0.1, 0.15) is 23.0 Å². The number of carbonyl (C=O) groups is 3. The fraction of sp³-hybridized carbons (Fsp3) is 0.371. The van der Waals surface area contributed by atoms with Crippen LogP contribution >= 0.6 is 0 Å². The first kappa shape index (κ1) is 33.1. The smallest absolute Gasteiger partial charge is 0.437 e. The Kier molecular flexibility index (Phi) is 9.59. The molecule has 0 aliphatic carbocycles. The van der Waals surface area contributed by atoms with Crippen molar-refractivity contribution in [1.82, 2.24) is 20.4 Å². The summed E-state index contributed by atoms with van der Waals surface area (Å²) in [4.78, 5) is 48.3. The second kappa shape index (κ2) is 13.6. The van der Waals surface area contributed by atoms with Crippen LogP contribution in [0, 0.1) is 0 Å². The predicted octanol–water partition coefficient (Wildman–Crippen LogP) is 7.10. The van der Waals surface area contributed by atoms with Crippen molar-refractivity contribution in [2.24, 2.45) is 4.99 Å². The van der Waals surface area contributed by atoms with E-state index in [0.29, 0.717) is 36.0 Å². The molecule has 1 atom stereocenters. The molecule has 0 radical (unpaired) electrons. The lowest BCUT2D eigenvalue weighted by atomic mass is 10.1. The van der Waals surface area contributed by atoms with Crippen LogP contribution in [-0.4, -0.2) is 63.3 Å². The Morgan fingerprint density at radius 3 is 2.36 bits per heavy atom. The number of alkyl carbamates (subject to hydrolysis) is 1. The van der Waals surface area contributed by atoms with E-state index in [2.05, 4.69) is 20.4 Å². The number of fused-ring (bicyclic) bond motifs is 1. The summed E-state index contributed by atoms with van der Waals surface area (Å²) in [5.41, 5.74) is -0.203.